The van der Waals surface area contributed by atoms with Gasteiger partial charge in [0.25, 0.3) is 0 Å². The second kappa shape index (κ2) is 6.92. The third-order valence-corrected chi connectivity index (χ3v) is 6.12. The molecule has 2 aromatic rings. The molecule has 2 N–H and O–H groups in total. The van der Waals surface area contributed by atoms with E-state index in [9.17, 15) is 9.90 Å². The molecule has 0 fully saturated rings. The molecule has 1 atom stereocenters. The highest BCUT2D eigenvalue weighted by molar-refractivity contribution is 5.94. The Morgan fingerprint density at radius 3 is 2.79 bits per heavy atom. The number of ketones is 1. The fraction of sp³-hybridized carbons (Fsp3) is 0.240. The van der Waals surface area contributed by atoms with E-state index in [4.69, 9.17) is 0 Å². The van der Waals surface area contributed by atoms with Crippen LogP contribution in [0.3, 0.4) is 0 Å². The van der Waals surface area contributed by atoms with Crippen molar-refractivity contribution in [2.75, 3.05) is 13.2 Å². The minimum Gasteiger partial charge on any atom is -0.396 e. The van der Waals surface area contributed by atoms with Crippen molar-refractivity contribution in [1.29, 1.82) is 0 Å². The van der Waals surface area contributed by atoms with Gasteiger partial charge in [0, 0.05) is 17.2 Å². The molecule has 1 aliphatic heterocycles. The molecule has 0 saturated carbocycles. The molecule has 2 aromatic carbocycles. The molecule has 3 heteroatoms. The van der Waals surface area contributed by atoms with Crippen LogP contribution in [0.4, 0.5) is 0 Å². The summed E-state index contributed by atoms with van der Waals surface area (Å²) < 4.78 is 0. The summed E-state index contributed by atoms with van der Waals surface area (Å²) in [4.78, 5) is 11.7. The number of aliphatic hydroxyl groups is 1. The van der Waals surface area contributed by atoms with Crippen LogP contribution in [0.25, 0.3) is 16.7 Å². The van der Waals surface area contributed by atoms with Crippen molar-refractivity contribution in [3.8, 4) is 11.1 Å². The van der Waals surface area contributed by atoms with Crippen molar-refractivity contribution >= 4 is 11.4 Å². The highest BCUT2D eigenvalue weighted by Gasteiger charge is 2.29. The highest BCUT2D eigenvalue weighted by atomic mass is 16.3. The number of carbonyl (C=O) groups is 1. The van der Waals surface area contributed by atoms with E-state index in [-0.39, 0.29) is 18.3 Å². The number of nitrogens with one attached hydrogen (secondary N) is 1. The monoisotopic (exact) mass is 369 g/mol. The van der Waals surface area contributed by atoms with Crippen LogP contribution >= 0.6 is 0 Å². The third-order valence-electron chi connectivity index (χ3n) is 6.12. The molecule has 0 aromatic heterocycles. The van der Waals surface area contributed by atoms with Gasteiger partial charge in [-0.2, -0.15) is 0 Å². The quantitative estimate of drug-likeness (QED) is 0.843. The van der Waals surface area contributed by atoms with Gasteiger partial charge in [0.2, 0.25) is 0 Å². The topological polar surface area (TPSA) is 49.3 Å². The van der Waals surface area contributed by atoms with Crippen molar-refractivity contribution in [2.24, 2.45) is 0 Å². The number of allylic oxidation sites excluding steroid dienone is 4. The maximum Gasteiger partial charge on any atom is 0.174 e. The summed E-state index contributed by atoms with van der Waals surface area (Å²) in [5.41, 5.74) is 9.99. The molecule has 0 saturated heterocycles. The second-order valence-electron chi connectivity index (χ2n) is 7.70. The first-order valence-corrected chi connectivity index (χ1v) is 9.97. The first-order valence-electron chi connectivity index (χ1n) is 9.97. The predicted octanol–water partition coefficient (Wildman–Crippen LogP) is 3.93. The molecule has 5 rings (SSSR count). The number of aryl methyl sites for hydroxylation is 1. The Labute approximate surface area is 165 Å². The SMILES string of the molecule is O=C1C=CC=C(C2=CCC(CO)c3c2ccc2c3CCc3ccccc3-2)NC1. The largest absolute Gasteiger partial charge is 0.396 e. The van der Waals surface area contributed by atoms with Crippen molar-refractivity contribution in [3.05, 3.63) is 88.7 Å². The molecule has 0 radical (unpaired) electrons. The average molecular weight is 369 g/mol. The lowest BCUT2D eigenvalue weighted by molar-refractivity contribution is -0.113. The molecule has 0 bridgehead atoms. The molecular formula is C25H23NO2. The van der Waals surface area contributed by atoms with E-state index in [1.165, 1.54) is 33.4 Å². The molecule has 0 amide bonds. The number of hydrogen-bond acceptors (Lipinski definition) is 3. The summed E-state index contributed by atoms with van der Waals surface area (Å²) in [5, 5.41) is 13.4. The van der Waals surface area contributed by atoms with Crippen molar-refractivity contribution < 1.29 is 9.90 Å². The minimum atomic E-state index is 0.0816. The number of carbonyl (C=O) groups excluding carboxylic acids is 1. The first kappa shape index (κ1) is 17.2. The van der Waals surface area contributed by atoms with E-state index in [0.717, 1.165) is 30.5 Å². The zero-order valence-electron chi connectivity index (χ0n) is 15.7. The van der Waals surface area contributed by atoms with Gasteiger partial charge in [-0.25, -0.2) is 0 Å². The zero-order chi connectivity index (χ0) is 19.1. The third kappa shape index (κ3) is 2.74. The van der Waals surface area contributed by atoms with Gasteiger partial charge in [-0.05, 0) is 64.8 Å². The minimum absolute atomic E-state index is 0.0816. The van der Waals surface area contributed by atoms with Crippen molar-refractivity contribution in [1.82, 2.24) is 5.32 Å². The number of benzene rings is 2. The molecule has 140 valence electrons. The predicted molar refractivity (Wildman–Crippen MR) is 112 cm³/mol. The van der Waals surface area contributed by atoms with Crippen LogP contribution in [-0.4, -0.2) is 24.0 Å². The molecule has 3 aliphatic rings. The van der Waals surface area contributed by atoms with E-state index < -0.39 is 0 Å². The Bertz CT molecular complexity index is 1060. The van der Waals surface area contributed by atoms with Crippen LogP contribution in [-0.2, 0) is 17.6 Å². The van der Waals surface area contributed by atoms with Crippen LogP contribution in [0.2, 0.25) is 0 Å². The van der Waals surface area contributed by atoms with E-state index in [1.54, 1.807) is 6.08 Å². The Morgan fingerprint density at radius 1 is 1.04 bits per heavy atom. The Balaban J connectivity index is 1.66. The van der Waals surface area contributed by atoms with Crippen LogP contribution < -0.4 is 5.32 Å². The molecule has 2 aliphatic carbocycles. The van der Waals surface area contributed by atoms with Gasteiger partial charge >= 0.3 is 0 Å². The molecule has 28 heavy (non-hydrogen) atoms. The van der Waals surface area contributed by atoms with Gasteiger partial charge in [0.15, 0.2) is 5.78 Å². The Kier molecular flexibility index (Phi) is 4.25. The summed E-state index contributed by atoms with van der Waals surface area (Å²) in [6.07, 6.45) is 10.5. The average Bonchev–Trinajstić information content (AvgIpc) is 2.96. The summed E-state index contributed by atoms with van der Waals surface area (Å²) in [6, 6.07) is 13.1. The lowest BCUT2D eigenvalue weighted by Gasteiger charge is -2.32. The Hall–Kier alpha value is -2.91. The van der Waals surface area contributed by atoms with E-state index in [2.05, 4.69) is 47.8 Å². The maximum absolute atomic E-state index is 11.7. The summed E-state index contributed by atoms with van der Waals surface area (Å²) >= 11 is 0. The number of hydrogen-bond donors (Lipinski definition) is 2. The van der Waals surface area contributed by atoms with Crippen LogP contribution in [0.5, 0.6) is 0 Å². The van der Waals surface area contributed by atoms with E-state index >= 15 is 0 Å². The smallest absolute Gasteiger partial charge is 0.174 e. The van der Waals surface area contributed by atoms with E-state index in [0.29, 0.717) is 6.54 Å². The summed E-state index contributed by atoms with van der Waals surface area (Å²) in [7, 11) is 0. The lowest BCUT2D eigenvalue weighted by Crippen LogP contribution is -2.23. The van der Waals surface area contributed by atoms with Gasteiger partial charge in [0.05, 0.1) is 13.2 Å². The van der Waals surface area contributed by atoms with Crippen molar-refractivity contribution in [2.45, 2.75) is 25.2 Å². The van der Waals surface area contributed by atoms with Gasteiger partial charge in [-0.3, -0.25) is 4.79 Å². The summed E-state index contributed by atoms with van der Waals surface area (Å²) in [6.45, 7) is 0.469. The van der Waals surface area contributed by atoms with Gasteiger partial charge in [-0.1, -0.05) is 48.6 Å². The number of aliphatic hydroxyl groups excluding tert-OH is 1. The fourth-order valence-corrected chi connectivity index (χ4v) is 4.79. The standard InChI is InChI=1S/C25H23NO2/c27-15-17-9-10-21(24-7-3-5-18(28)14-26-24)23-13-12-20-19-6-2-1-4-16(19)8-11-22(20)25(17)23/h1-7,10,12-13,17,26-27H,8-9,11,14-15H2. The van der Waals surface area contributed by atoms with Crippen molar-refractivity contribution in [3.63, 3.8) is 0 Å². The number of fused-ring (bicyclic) bond motifs is 5. The molecule has 1 heterocycles. The van der Waals surface area contributed by atoms with Gasteiger partial charge in [-0.15, -0.1) is 0 Å². The van der Waals surface area contributed by atoms with E-state index in [1.807, 2.05) is 12.2 Å². The lowest BCUT2D eigenvalue weighted by atomic mass is 9.74. The molecular weight excluding hydrogens is 346 g/mol. The van der Waals surface area contributed by atoms with Crippen LogP contribution in [0, 0.1) is 0 Å². The molecule has 0 spiro atoms. The zero-order valence-corrected chi connectivity index (χ0v) is 15.7. The molecule has 3 nitrogen and oxygen atoms in total. The second-order valence-corrected chi connectivity index (χ2v) is 7.70. The molecule has 1 unspecified atom stereocenters. The van der Waals surface area contributed by atoms with Crippen LogP contribution in [0.15, 0.2) is 66.4 Å². The van der Waals surface area contributed by atoms with Gasteiger partial charge in [0.1, 0.15) is 0 Å². The normalized spacial score (nSPS) is 20.2. The fourth-order valence-electron chi connectivity index (χ4n) is 4.79. The maximum atomic E-state index is 11.7. The van der Waals surface area contributed by atoms with Crippen LogP contribution in [0.1, 0.15) is 34.6 Å². The highest BCUT2D eigenvalue weighted by Crippen LogP contribution is 2.45. The first-order chi connectivity index (χ1) is 13.8. The Morgan fingerprint density at radius 2 is 1.89 bits per heavy atom. The number of rotatable bonds is 2. The van der Waals surface area contributed by atoms with Gasteiger partial charge < -0.3 is 10.4 Å². The summed E-state index contributed by atoms with van der Waals surface area (Å²) in [5.74, 6) is 0.209.